The average Bonchev–Trinajstić information content (AvgIpc) is 1.61. The Balaban J connectivity index is 2.68. The van der Waals surface area contributed by atoms with E-state index in [1.807, 2.05) is 0 Å². The summed E-state index contributed by atoms with van der Waals surface area (Å²) in [6.45, 7) is 2.09. The molecule has 1 atom stereocenters. The van der Waals surface area contributed by atoms with Crippen LogP contribution in [0.2, 0.25) is 0 Å². The quantitative estimate of drug-likeness (QED) is 0.484. The van der Waals surface area contributed by atoms with Crippen molar-refractivity contribution in [2.75, 3.05) is 0 Å². The highest BCUT2D eigenvalue weighted by Gasteiger charge is 1.93. The maximum atomic E-state index is 12.0. The van der Waals surface area contributed by atoms with Gasteiger partial charge in [0, 0.05) is 10.2 Å². The maximum Gasteiger partial charge on any atom is 0.0797 e. The Morgan fingerprint density at radius 3 is 2.43 bits per heavy atom. The predicted octanol–water partition coefficient (Wildman–Crippen LogP) is 0.838. The lowest BCUT2D eigenvalue weighted by Gasteiger charge is -1.95. The number of hydrogen-bond acceptors (Lipinski definition) is 0. The summed E-state index contributed by atoms with van der Waals surface area (Å²) in [5.74, 6) is -0.458. The van der Waals surface area contributed by atoms with Gasteiger partial charge in [0.2, 0.25) is 0 Å². The van der Waals surface area contributed by atoms with Crippen molar-refractivity contribution in [2.24, 2.45) is 0 Å². The zero-order valence-corrected chi connectivity index (χ0v) is 7.08. The Morgan fingerprint density at radius 2 is 2.29 bits per heavy atom. The molecule has 0 aromatic rings. The van der Waals surface area contributed by atoms with E-state index in [1.54, 1.807) is 0 Å². The monoisotopic (exact) mass is 120 g/mol. The summed E-state index contributed by atoms with van der Waals surface area (Å²) in [5, 5.41) is 0. The molecule has 0 fully saturated rings. The minimum atomic E-state index is -0.458. The van der Waals surface area contributed by atoms with E-state index < -0.39 is 5.79 Å². The van der Waals surface area contributed by atoms with Gasteiger partial charge in [-0.15, -0.1) is 0 Å². The van der Waals surface area contributed by atoms with Crippen LogP contribution in [0.5, 0.6) is 0 Å². The van der Waals surface area contributed by atoms with Crippen molar-refractivity contribution in [2.45, 2.75) is 32.0 Å². The Labute approximate surface area is 47.5 Å². The van der Waals surface area contributed by atoms with Gasteiger partial charge in [0.05, 0.1) is 5.79 Å². The molecule has 0 amide bonds. The van der Waals surface area contributed by atoms with E-state index >= 15 is 0 Å². The Morgan fingerprint density at radius 1 is 1.71 bits per heavy atom. The highest BCUT2D eigenvalue weighted by Crippen LogP contribution is 1.98. The van der Waals surface area contributed by atoms with Crippen LogP contribution in [0.15, 0.2) is 0 Å². The van der Waals surface area contributed by atoms with Gasteiger partial charge < -0.3 is 0 Å². The Hall–Kier alpha value is 0.147. The molecule has 0 N–H and O–H groups in total. The van der Waals surface area contributed by atoms with Crippen LogP contribution in [-0.2, 0) is 0 Å². The van der Waals surface area contributed by atoms with E-state index in [0.717, 1.165) is 19.3 Å². The predicted molar refractivity (Wildman–Crippen MR) is 34.4 cm³/mol. The molecular weight excluding hydrogens is 107 g/mol. The molecule has 0 nitrogen and oxygen atoms in total. The molecule has 0 aromatic carbocycles. The third-order valence-electron chi connectivity index (χ3n) is 0.955. The summed E-state index contributed by atoms with van der Waals surface area (Å²) in [4.78, 5) is 0. The summed E-state index contributed by atoms with van der Waals surface area (Å²) in [6.07, 6.45) is 2.98. The van der Waals surface area contributed by atoms with E-state index in [9.17, 15) is 4.39 Å². The van der Waals surface area contributed by atoms with Gasteiger partial charge in [-0.1, -0.05) is 19.8 Å². The van der Waals surface area contributed by atoms with Gasteiger partial charge in [-0.05, 0) is 6.42 Å². The van der Waals surface area contributed by atoms with Crippen LogP contribution in [0.25, 0.3) is 0 Å². The van der Waals surface area contributed by atoms with Gasteiger partial charge in [-0.25, -0.2) is 0 Å². The molecule has 0 saturated carbocycles. The molecule has 2 heteroatoms. The molecular formula is C5H13FSi. The molecule has 44 valence electrons. The molecule has 0 aromatic heterocycles. The van der Waals surface area contributed by atoms with Gasteiger partial charge in [0.25, 0.3) is 0 Å². The van der Waals surface area contributed by atoms with Crippen molar-refractivity contribution in [3.05, 3.63) is 0 Å². The number of halogens is 1. The van der Waals surface area contributed by atoms with Gasteiger partial charge in [-0.2, -0.15) is 0 Å². The van der Waals surface area contributed by atoms with Gasteiger partial charge in [0.15, 0.2) is 0 Å². The first kappa shape index (κ1) is 7.15. The second-order valence-corrected chi connectivity index (χ2v) is 3.18. The van der Waals surface area contributed by atoms with Crippen molar-refractivity contribution < 1.29 is 4.39 Å². The van der Waals surface area contributed by atoms with Crippen LogP contribution in [0.1, 0.15) is 26.2 Å². The van der Waals surface area contributed by atoms with Crippen LogP contribution >= 0.6 is 0 Å². The van der Waals surface area contributed by atoms with Crippen molar-refractivity contribution >= 4 is 10.2 Å². The fraction of sp³-hybridized carbons (Fsp3) is 1.00. The number of alkyl halides is 1. The SMILES string of the molecule is CCCCC(F)[SiH3]. The standard InChI is InChI=1S/C5H13FSi/c1-2-3-4-5(6)7/h5H,2-4H2,1,7H3. The summed E-state index contributed by atoms with van der Waals surface area (Å²) in [7, 11) is 0.717. The van der Waals surface area contributed by atoms with Crippen LogP contribution in [-0.4, -0.2) is 16.0 Å². The summed E-state index contributed by atoms with van der Waals surface area (Å²) < 4.78 is 12.0. The van der Waals surface area contributed by atoms with E-state index in [1.165, 1.54) is 0 Å². The molecule has 0 rings (SSSR count). The van der Waals surface area contributed by atoms with Crippen molar-refractivity contribution in [1.82, 2.24) is 0 Å². The molecule has 0 spiro atoms. The zero-order chi connectivity index (χ0) is 5.70. The largest absolute Gasteiger partial charge is 0.253 e. The van der Waals surface area contributed by atoms with E-state index in [0.29, 0.717) is 10.2 Å². The lowest BCUT2D eigenvalue weighted by molar-refractivity contribution is 0.409. The van der Waals surface area contributed by atoms with Gasteiger partial charge in [-0.3, -0.25) is 4.39 Å². The van der Waals surface area contributed by atoms with E-state index in [4.69, 9.17) is 0 Å². The Kier molecular flexibility index (Phi) is 4.40. The van der Waals surface area contributed by atoms with E-state index in [-0.39, 0.29) is 0 Å². The molecule has 0 aliphatic heterocycles. The molecule has 0 bridgehead atoms. The van der Waals surface area contributed by atoms with Crippen LogP contribution < -0.4 is 0 Å². The summed E-state index contributed by atoms with van der Waals surface area (Å²) in [5.41, 5.74) is 0. The third kappa shape index (κ3) is 6.15. The molecule has 1 unspecified atom stereocenters. The normalized spacial score (nSPS) is 14.6. The third-order valence-corrected chi connectivity index (χ3v) is 1.53. The molecule has 0 heterocycles. The van der Waals surface area contributed by atoms with Crippen molar-refractivity contribution in [3.8, 4) is 0 Å². The smallest absolute Gasteiger partial charge is 0.0797 e. The van der Waals surface area contributed by atoms with Crippen LogP contribution in [0, 0.1) is 0 Å². The molecule has 0 aliphatic carbocycles. The molecule has 7 heavy (non-hydrogen) atoms. The van der Waals surface area contributed by atoms with Gasteiger partial charge >= 0.3 is 0 Å². The van der Waals surface area contributed by atoms with Crippen LogP contribution in [0.4, 0.5) is 4.39 Å². The minimum Gasteiger partial charge on any atom is -0.253 e. The lowest BCUT2D eigenvalue weighted by atomic mass is 10.3. The molecule has 0 aliphatic rings. The first-order chi connectivity index (χ1) is 3.27. The summed E-state index contributed by atoms with van der Waals surface area (Å²) in [6, 6.07) is 0. The topological polar surface area (TPSA) is 0 Å². The number of hydrogen-bond donors (Lipinski definition) is 0. The first-order valence-corrected chi connectivity index (χ1v) is 4.07. The number of unbranched alkanes of at least 4 members (excludes halogenated alkanes) is 1. The zero-order valence-electron chi connectivity index (χ0n) is 5.08. The minimum absolute atomic E-state index is 0.458. The average molecular weight is 120 g/mol. The first-order valence-electron chi connectivity index (χ1n) is 2.91. The van der Waals surface area contributed by atoms with Gasteiger partial charge in [0.1, 0.15) is 0 Å². The lowest BCUT2D eigenvalue weighted by Crippen LogP contribution is -1.96. The highest BCUT2D eigenvalue weighted by molar-refractivity contribution is 6.10. The summed E-state index contributed by atoms with van der Waals surface area (Å²) >= 11 is 0. The Bertz CT molecular complexity index is 37.1. The fourth-order valence-electron chi connectivity index (χ4n) is 0.485. The maximum absolute atomic E-state index is 12.0. The molecule has 0 saturated heterocycles. The highest BCUT2D eigenvalue weighted by atomic mass is 28.1. The second-order valence-electron chi connectivity index (χ2n) is 1.92. The van der Waals surface area contributed by atoms with Crippen molar-refractivity contribution in [1.29, 1.82) is 0 Å². The number of rotatable bonds is 3. The van der Waals surface area contributed by atoms with Crippen molar-refractivity contribution in [3.63, 3.8) is 0 Å². The second kappa shape index (κ2) is 4.31. The molecule has 0 radical (unpaired) electrons. The van der Waals surface area contributed by atoms with E-state index in [2.05, 4.69) is 6.92 Å². The van der Waals surface area contributed by atoms with Crippen LogP contribution in [0.3, 0.4) is 0 Å². The fourth-order valence-corrected chi connectivity index (χ4v) is 0.894.